The fourth-order valence-electron chi connectivity index (χ4n) is 3.47. The number of rotatable bonds is 5. The Morgan fingerprint density at radius 3 is 2.31 bits per heavy atom. The molecule has 2 aliphatic carbocycles. The first-order chi connectivity index (χ1) is 12.8. The van der Waals surface area contributed by atoms with Gasteiger partial charge in [0.25, 0.3) is 5.91 Å². The maximum atomic E-state index is 12.5. The minimum absolute atomic E-state index is 0.101. The number of carbonyl (C=O) groups is 1. The second kappa shape index (κ2) is 7.85. The Labute approximate surface area is 154 Å². The van der Waals surface area contributed by atoms with E-state index in [1.807, 2.05) is 30.3 Å². The summed E-state index contributed by atoms with van der Waals surface area (Å²) in [7, 11) is 0. The molecule has 1 heterocycles. The Hall–Kier alpha value is -2.43. The van der Waals surface area contributed by atoms with E-state index in [0.29, 0.717) is 23.6 Å². The molecule has 0 aliphatic heterocycles. The second-order valence-electron chi connectivity index (χ2n) is 7.41. The maximum Gasteiger partial charge on any atom is 0.270 e. The zero-order chi connectivity index (χ0) is 17.8. The van der Waals surface area contributed by atoms with E-state index in [0.717, 1.165) is 37.1 Å². The smallest absolute Gasteiger partial charge is 0.270 e. The first kappa shape index (κ1) is 17.0. The number of nitrogens with one attached hydrogen (secondary N) is 2. The number of hydrogen-bond donors (Lipinski definition) is 2. The van der Waals surface area contributed by atoms with Crippen molar-refractivity contribution in [2.24, 2.45) is 0 Å². The van der Waals surface area contributed by atoms with Crippen LogP contribution in [-0.2, 0) is 0 Å². The van der Waals surface area contributed by atoms with Gasteiger partial charge in [-0.15, -0.1) is 0 Å². The van der Waals surface area contributed by atoms with Gasteiger partial charge in [-0.05, 0) is 25.7 Å². The summed E-state index contributed by atoms with van der Waals surface area (Å²) in [5.41, 5.74) is 1.37. The minimum atomic E-state index is -0.101. The Morgan fingerprint density at radius 1 is 0.885 bits per heavy atom. The summed E-state index contributed by atoms with van der Waals surface area (Å²) in [6.45, 7) is 0. The van der Waals surface area contributed by atoms with Crippen LogP contribution in [0.4, 0.5) is 5.82 Å². The number of amides is 1. The standard InChI is InChI=1S/C21H26N4O/c26-21(23-17-12-13-17)18-14-19(22-16-10-6-1-2-7-11-16)25-20(24-18)15-8-4-3-5-9-15/h3-5,8-9,14,16-17H,1-2,6-7,10-13H2,(H,23,26)(H,22,24,25). The SMILES string of the molecule is O=C(NC1CC1)c1cc(NC2CCCCCC2)nc(-c2ccccc2)n1. The van der Waals surface area contributed by atoms with Crippen LogP contribution in [0.1, 0.15) is 61.9 Å². The number of carbonyl (C=O) groups excluding carboxylic acids is 1. The van der Waals surface area contributed by atoms with E-state index in [2.05, 4.69) is 15.6 Å². The van der Waals surface area contributed by atoms with Crippen LogP contribution in [0.25, 0.3) is 11.4 Å². The highest BCUT2D eigenvalue weighted by Gasteiger charge is 2.25. The van der Waals surface area contributed by atoms with Crippen molar-refractivity contribution in [3.05, 3.63) is 42.1 Å². The van der Waals surface area contributed by atoms with Crippen LogP contribution in [0, 0.1) is 0 Å². The Kier molecular flexibility index (Phi) is 5.14. The molecule has 5 nitrogen and oxygen atoms in total. The van der Waals surface area contributed by atoms with Crippen molar-refractivity contribution in [2.45, 2.75) is 63.5 Å². The summed E-state index contributed by atoms with van der Waals surface area (Å²) in [6, 6.07) is 12.4. The van der Waals surface area contributed by atoms with Gasteiger partial charge >= 0.3 is 0 Å². The lowest BCUT2D eigenvalue weighted by molar-refractivity contribution is 0.0946. The fourth-order valence-corrected chi connectivity index (χ4v) is 3.47. The molecule has 2 N–H and O–H groups in total. The van der Waals surface area contributed by atoms with Crippen LogP contribution in [0.2, 0.25) is 0 Å². The van der Waals surface area contributed by atoms with Gasteiger partial charge in [0.1, 0.15) is 11.5 Å². The maximum absolute atomic E-state index is 12.5. The number of nitrogens with zero attached hydrogens (tertiary/aromatic N) is 2. The van der Waals surface area contributed by atoms with Crippen molar-refractivity contribution < 1.29 is 4.79 Å². The molecular weight excluding hydrogens is 324 g/mol. The highest BCUT2D eigenvalue weighted by atomic mass is 16.2. The minimum Gasteiger partial charge on any atom is -0.367 e. The predicted molar refractivity (Wildman–Crippen MR) is 103 cm³/mol. The van der Waals surface area contributed by atoms with E-state index in [4.69, 9.17) is 4.98 Å². The highest BCUT2D eigenvalue weighted by molar-refractivity contribution is 5.93. The Balaban J connectivity index is 1.61. The number of aromatic nitrogens is 2. The van der Waals surface area contributed by atoms with E-state index < -0.39 is 0 Å². The lowest BCUT2D eigenvalue weighted by Crippen LogP contribution is -2.27. The molecule has 26 heavy (non-hydrogen) atoms. The van der Waals surface area contributed by atoms with Crippen molar-refractivity contribution in [1.29, 1.82) is 0 Å². The molecule has 2 fully saturated rings. The average Bonchev–Trinajstić information content (AvgIpc) is 3.50. The molecule has 1 aromatic carbocycles. The lowest BCUT2D eigenvalue weighted by atomic mass is 10.1. The monoisotopic (exact) mass is 350 g/mol. The molecule has 0 spiro atoms. The molecule has 2 aliphatic rings. The molecule has 2 aromatic rings. The summed E-state index contributed by atoms with van der Waals surface area (Å²) in [4.78, 5) is 21.8. The number of anilines is 1. The van der Waals surface area contributed by atoms with E-state index >= 15 is 0 Å². The third-order valence-electron chi connectivity index (χ3n) is 5.11. The van der Waals surface area contributed by atoms with Gasteiger partial charge in [0.05, 0.1) is 0 Å². The van der Waals surface area contributed by atoms with E-state index in [1.54, 1.807) is 6.07 Å². The third-order valence-corrected chi connectivity index (χ3v) is 5.11. The topological polar surface area (TPSA) is 66.9 Å². The molecule has 136 valence electrons. The predicted octanol–water partition coefficient (Wildman–Crippen LogP) is 4.17. The molecule has 5 heteroatoms. The first-order valence-corrected chi connectivity index (χ1v) is 9.80. The molecule has 0 saturated heterocycles. The molecular formula is C21H26N4O. The third kappa shape index (κ3) is 4.40. The largest absolute Gasteiger partial charge is 0.367 e. The average molecular weight is 350 g/mol. The van der Waals surface area contributed by atoms with Crippen LogP contribution in [0.15, 0.2) is 36.4 Å². The van der Waals surface area contributed by atoms with Crippen LogP contribution in [0.3, 0.4) is 0 Å². The first-order valence-electron chi connectivity index (χ1n) is 9.80. The quantitative estimate of drug-likeness (QED) is 0.794. The summed E-state index contributed by atoms with van der Waals surface area (Å²) >= 11 is 0. The molecule has 2 saturated carbocycles. The molecule has 0 bridgehead atoms. The van der Waals surface area contributed by atoms with Gasteiger partial charge in [-0.2, -0.15) is 0 Å². The van der Waals surface area contributed by atoms with Crippen LogP contribution in [-0.4, -0.2) is 28.0 Å². The number of benzene rings is 1. The molecule has 1 aromatic heterocycles. The Morgan fingerprint density at radius 2 is 1.62 bits per heavy atom. The van der Waals surface area contributed by atoms with E-state index in [-0.39, 0.29) is 5.91 Å². The molecule has 4 rings (SSSR count). The lowest BCUT2D eigenvalue weighted by Gasteiger charge is -2.18. The van der Waals surface area contributed by atoms with Crippen molar-refractivity contribution in [2.75, 3.05) is 5.32 Å². The van der Waals surface area contributed by atoms with Gasteiger partial charge in [-0.1, -0.05) is 56.0 Å². The van der Waals surface area contributed by atoms with E-state index in [9.17, 15) is 4.79 Å². The molecule has 0 atom stereocenters. The van der Waals surface area contributed by atoms with Crippen molar-refractivity contribution in [1.82, 2.24) is 15.3 Å². The highest BCUT2D eigenvalue weighted by Crippen LogP contribution is 2.24. The zero-order valence-corrected chi connectivity index (χ0v) is 15.1. The molecule has 0 radical (unpaired) electrons. The van der Waals surface area contributed by atoms with Crippen molar-refractivity contribution in [3.8, 4) is 11.4 Å². The van der Waals surface area contributed by atoms with Gasteiger partial charge in [0.2, 0.25) is 0 Å². The summed E-state index contributed by atoms with van der Waals surface area (Å²) in [5.74, 6) is 1.26. The summed E-state index contributed by atoms with van der Waals surface area (Å²) < 4.78 is 0. The Bertz CT molecular complexity index is 750. The fraction of sp³-hybridized carbons (Fsp3) is 0.476. The zero-order valence-electron chi connectivity index (χ0n) is 15.1. The van der Waals surface area contributed by atoms with Gasteiger partial charge in [-0.25, -0.2) is 9.97 Å². The van der Waals surface area contributed by atoms with Crippen LogP contribution < -0.4 is 10.6 Å². The van der Waals surface area contributed by atoms with Gasteiger partial charge in [-0.3, -0.25) is 4.79 Å². The van der Waals surface area contributed by atoms with Crippen LogP contribution in [0.5, 0.6) is 0 Å². The summed E-state index contributed by atoms with van der Waals surface area (Å²) in [6.07, 6.45) is 9.58. The molecule has 1 amide bonds. The van der Waals surface area contributed by atoms with Gasteiger partial charge in [0.15, 0.2) is 5.82 Å². The van der Waals surface area contributed by atoms with Gasteiger partial charge in [0, 0.05) is 23.7 Å². The normalized spacial score (nSPS) is 18.2. The number of hydrogen-bond acceptors (Lipinski definition) is 4. The van der Waals surface area contributed by atoms with E-state index in [1.165, 1.54) is 25.7 Å². The van der Waals surface area contributed by atoms with Crippen molar-refractivity contribution in [3.63, 3.8) is 0 Å². The van der Waals surface area contributed by atoms with Crippen molar-refractivity contribution >= 4 is 11.7 Å². The van der Waals surface area contributed by atoms with Crippen LogP contribution >= 0.6 is 0 Å². The summed E-state index contributed by atoms with van der Waals surface area (Å²) in [5, 5.41) is 6.60. The second-order valence-corrected chi connectivity index (χ2v) is 7.41. The van der Waals surface area contributed by atoms with Gasteiger partial charge < -0.3 is 10.6 Å². The molecule has 0 unspecified atom stereocenters.